The third-order valence-electron chi connectivity index (χ3n) is 1.52. The zero-order valence-electron chi connectivity index (χ0n) is 5.47. The van der Waals surface area contributed by atoms with Gasteiger partial charge in [0.05, 0.1) is 5.02 Å². The molecule has 56 valence electrons. The molecule has 3 heteroatoms. The van der Waals surface area contributed by atoms with E-state index in [9.17, 15) is 4.39 Å². The summed E-state index contributed by atoms with van der Waals surface area (Å²) in [4.78, 5) is 0. The molecule has 0 aliphatic rings. The number of thiophene rings is 1. The smallest absolute Gasteiger partial charge is 0.150 e. The predicted molar refractivity (Wildman–Crippen MR) is 46.8 cm³/mol. The Morgan fingerprint density at radius 1 is 1.27 bits per heavy atom. The van der Waals surface area contributed by atoms with E-state index in [0.717, 1.165) is 4.70 Å². The molecule has 0 nitrogen and oxygen atoms in total. The molecule has 0 spiro atoms. The largest absolute Gasteiger partial charge is 0.205 e. The molecule has 2 aromatic rings. The fourth-order valence-electron chi connectivity index (χ4n) is 0.982. The van der Waals surface area contributed by atoms with Crippen LogP contribution in [0.15, 0.2) is 23.6 Å². The van der Waals surface area contributed by atoms with E-state index >= 15 is 0 Å². The average Bonchev–Trinajstić information content (AvgIpc) is 2.45. The Labute approximate surface area is 72.2 Å². The molecular weight excluding hydrogens is 183 g/mol. The summed E-state index contributed by atoms with van der Waals surface area (Å²) in [6.45, 7) is 0. The first-order valence-electron chi connectivity index (χ1n) is 3.10. The molecule has 0 amide bonds. The van der Waals surface area contributed by atoms with Crippen LogP contribution in [0.5, 0.6) is 0 Å². The topological polar surface area (TPSA) is 0 Å². The van der Waals surface area contributed by atoms with Gasteiger partial charge in [-0.2, -0.15) is 0 Å². The zero-order chi connectivity index (χ0) is 7.84. The predicted octanol–water partition coefficient (Wildman–Crippen LogP) is 3.69. The number of hydrogen-bond acceptors (Lipinski definition) is 1. The lowest BCUT2D eigenvalue weighted by atomic mass is 10.2. The van der Waals surface area contributed by atoms with Crippen molar-refractivity contribution in [2.75, 3.05) is 0 Å². The average molecular weight is 187 g/mol. The highest BCUT2D eigenvalue weighted by Gasteiger charge is 2.04. The summed E-state index contributed by atoms with van der Waals surface area (Å²) in [6, 6.07) is 5.14. The monoisotopic (exact) mass is 186 g/mol. The van der Waals surface area contributed by atoms with Crippen molar-refractivity contribution in [1.29, 1.82) is 0 Å². The summed E-state index contributed by atoms with van der Waals surface area (Å²) in [6.07, 6.45) is 0. The molecule has 0 radical (unpaired) electrons. The van der Waals surface area contributed by atoms with Crippen molar-refractivity contribution < 1.29 is 4.39 Å². The first kappa shape index (κ1) is 7.07. The lowest BCUT2D eigenvalue weighted by Crippen LogP contribution is -1.75. The van der Waals surface area contributed by atoms with Crippen LogP contribution >= 0.6 is 22.9 Å². The molecule has 0 aliphatic carbocycles. The molecular formula is C8H4ClFS. The summed E-state index contributed by atoms with van der Waals surface area (Å²) in [5, 5.41) is 2.66. The highest BCUT2D eigenvalue weighted by Crippen LogP contribution is 2.27. The van der Waals surface area contributed by atoms with Crippen LogP contribution in [0.1, 0.15) is 0 Å². The van der Waals surface area contributed by atoms with Crippen molar-refractivity contribution in [1.82, 2.24) is 0 Å². The van der Waals surface area contributed by atoms with Gasteiger partial charge in [0.1, 0.15) is 5.82 Å². The zero-order valence-corrected chi connectivity index (χ0v) is 7.05. The van der Waals surface area contributed by atoms with E-state index in [1.54, 1.807) is 12.1 Å². The van der Waals surface area contributed by atoms with Gasteiger partial charge in [-0.3, -0.25) is 0 Å². The van der Waals surface area contributed by atoms with E-state index in [-0.39, 0.29) is 10.8 Å². The van der Waals surface area contributed by atoms with Crippen LogP contribution in [0.4, 0.5) is 4.39 Å². The molecule has 0 N–H and O–H groups in total. The molecule has 0 saturated heterocycles. The van der Waals surface area contributed by atoms with Crippen LogP contribution in [-0.2, 0) is 0 Å². The molecule has 11 heavy (non-hydrogen) atoms. The van der Waals surface area contributed by atoms with E-state index in [4.69, 9.17) is 11.6 Å². The Morgan fingerprint density at radius 2 is 2.09 bits per heavy atom. The highest BCUT2D eigenvalue weighted by atomic mass is 35.5. The van der Waals surface area contributed by atoms with Crippen molar-refractivity contribution in [2.24, 2.45) is 0 Å². The van der Waals surface area contributed by atoms with Gasteiger partial charge in [-0.15, -0.1) is 11.3 Å². The first-order chi connectivity index (χ1) is 5.29. The van der Waals surface area contributed by atoms with Crippen LogP contribution in [0.2, 0.25) is 5.02 Å². The lowest BCUT2D eigenvalue weighted by molar-refractivity contribution is 0.640. The Balaban J connectivity index is 2.93. The summed E-state index contributed by atoms with van der Waals surface area (Å²) < 4.78 is 14.0. The third-order valence-corrected chi connectivity index (χ3v) is 2.70. The lowest BCUT2D eigenvalue weighted by Gasteiger charge is -1.93. The SMILES string of the molecule is Fc1c(Cl)ccc2sccc12. The maximum absolute atomic E-state index is 13.1. The second kappa shape index (κ2) is 2.47. The van der Waals surface area contributed by atoms with Gasteiger partial charge in [-0.05, 0) is 23.6 Å². The van der Waals surface area contributed by atoms with Crippen LogP contribution < -0.4 is 0 Å². The van der Waals surface area contributed by atoms with Gasteiger partial charge in [0.25, 0.3) is 0 Å². The molecule has 1 aromatic carbocycles. The molecule has 0 bridgehead atoms. The van der Waals surface area contributed by atoms with E-state index in [1.807, 2.05) is 11.4 Å². The standard InChI is InChI=1S/C8H4ClFS/c9-6-1-2-7-5(8(6)10)3-4-11-7/h1-4H. The fourth-order valence-corrected chi connectivity index (χ4v) is 1.93. The van der Waals surface area contributed by atoms with Crippen molar-refractivity contribution in [3.05, 3.63) is 34.4 Å². The molecule has 2 rings (SSSR count). The summed E-state index contributed by atoms with van der Waals surface area (Å²) in [5.41, 5.74) is 0. The van der Waals surface area contributed by atoms with E-state index in [0.29, 0.717) is 5.39 Å². The number of halogens is 2. The summed E-state index contributed by atoms with van der Waals surface area (Å²) >= 11 is 7.09. The second-order valence-electron chi connectivity index (χ2n) is 2.19. The first-order valence-corrected chi connectivity index (χ1v) is 4.36. The van der Waals surface area contributed by atoms with Crippen LogP contribution in [-0.4, -0.2) is 0 Å². The van der Waals surface area contributed by atoms with Gasteiger partial charge >= 0.3 is 0 Å². The van der Waals surface area contributed by atoms with E-state index in [1.165, 1.54) is 11.3 Å². The molecule has 1 heterocycles. The van der Waals surface area contributed by atoms with Crippen molar-refractivity contribution in [2.45, 2.75) is 0 Å². The number of rotatable bonds is 0. The number of hydrogen-bond donors (Lipinski definition) is 0. The summed E-state index contributed by atoms with van der Waals surface area (Å²) in [7, 11) is 0. The quantitative estimate of drug-likeness (QED) is 0.589. The number of benzene rings is 1. The van der Waals surface area contributed by atoms with Gasteiger partial charge in [0.15, 0.2) is 0 Å². The van der Waals surface area contributed by atoms with E-state index in [2.05, 4.69) is 0 Å². The fraction of sp³-hybridized carbons (Fsp3) is 0. The van der Waals surface area contributed by atoms with Gasteiger partial charge in [0, 0.05) is 10.1 Å². The molecule has 0 unspecified atom stereocenters. The Hall–Kier alpha value is -0.600. The Morgan fingerprint density at radius 3 is 2.91 bits per heavy atom. The molecule has 0 aliphatic heterocycles. The minimum absolute atomic E-state index is 0.191. The van der Waals surface area contributed by atoms with Gasteiger partial charge in [0.2, 0.25) is 0 Å². The van der Waals surface area contributed by atoms with Crippen molar-refractivity contribution in [3.63, 3.8) is 0 Å². The third kappa shape index (κ3) is 1.03. The molecule has 0 fully saturated rings. The van der Waals surface area contributed by atoms with Gasteiger partial charge in [-0.25, -0.2) is 4.39 Å². The van der Waals surface area contributed by atoms with Gasteiger partial charge in [-0.1, -0.05) is 11.6 Å². The van der Waals surface area contributed by atoms with Crippen molar-refractivity contribution in [3.8, 4) is 0 Å². The highest BCUT2D eigenvalue weighted by molar-refractivity contribution is 7.17. The van der Waals surface area contributed by atoms with Crippen LogP contribution in [0.3, 0.4) is 0 Å². The maximum Gasteiger partial charge on any atom is 0.150 e. The van der Waals surface area contributed by atoms with Crippen LogP contribution in [0, 0.1) is 5.82 Å². The van der Waals surface area contributed by atoms with Gasteiger partial charge < -0.3 is 0 Å². The molecule has 0 saturated carbocycles. The van der Waals surface area contributed by atoms with Crippen molar-refractivity contribution >= 4 is 33.0 Å². The van der Waals surface area contributed by atoms with E-state index < -0.39 is 0 Å². The molecule has 1 aromatic heterocycles. The van der Waals surface area contributed by atoms with Crippen LogP contribution in [0.25, 0.3) is 10.1 Å². The Bertz CT molecular complexity index is 394. The maximum atomic E-state index is 13.1. The second-order valence-corrected chi connectivity index (χ2v) is 3.55. The Kier molecular flexibility index (Phi) is 1.59. The minimum Gasteiger partial charge on any atom is -0.205 e. The molecule has 0 atom stereocenters. The minimum atomic E-state index is -0.314. The normalized spacial score (nSPS) is 10.7. The number of fused-ring (bicyclic) bond motifs is 1. The summed E-state index contributed by atoms with van der Waals surface area (Å²) in [5.74, 6) is -0.314.